The predicted octanol–water partition coefficient (Wildman–Crippen LogP) is 2.30. The minimum Gasteiger partial charge on any atom is -0.312 e. The van der Waals surface area contributed by atoms with Crippen LogP contribution in [0, 0.1) is 5.92 Å². The topological polar surface area (TPSA) is 15.3 Å². The van der Waals surface area contributed by atoms with Crippen LogP contribution in [0.1, 0.15) is 24.8 Å². The van der Waals surface area contributed by atoms with E-state index < -0.39 is 0 Å². The highest BCUT2D eigenvalue weighted by atomic mass is 15.2. The Hall–Kier alpha value is -0.860. The molecule has 1 unspecified atom stereocenters. The molecule has 3 saturated heterocycles. The molecule has 1 N–H and O–H groups in total. The van der Waals surface area contributed by atoms with Gasteiger partial charge in [0.15, 0.2) is 0 Å². The summed E-state index contributed by atoms with van der Waals surface area (Å²) in [6.07, 6.45) is 5.29. The van der Waals surface area contributed by atoms with E-state index in [1.54, 1.807) is 0 Å². The van der Waals surface area contributed by atoms with E-state index in [-0.39, 0.29) is 0 Å². The molecule has 0 saturated carbocycles. The van der Waals surface area contributed by atoms with Gasteiger partial charge in [0.2, 0.25) is 0 Å². The summed E-state index contributed by atoms with van der Waals surface area (Å²) >= 11 is 0. The Morgan fingerprint density at radius 3 is 2.56 bits per heavy atom. The lowest BCUT2D eigenvalue weighted by Crippen LogP contribution is -2.56. The van der Waals surface area contributed by atoms with Crippen molar-refractivity contribution in [2.45, 2.75) is 31.7 Å². The van der Waals surface area contributed by atoms with Crippen LogP contribution in [0.15, 0.2) is 30.3 Å². The highest BCUT2D eigenvalue weighted by Crippen LogP contribution is 2.27. The third-order valence-corrected chi connectivity index (χ3v) is 4.55. The van der Waals surface area contributed by atoms with Gasteiger partial charge in [-0.3, -0.25) is 0 Å². The smallest absolute Gasteiger partial charge is 0.0224 e. The Kier molecular flexibility index (Phi) is 3.96. The first kappa shape index (κ1) is 12.2. The van der Waals surface area contributed by atoms with Crippen LogP contribution in [0.5, 0.6) is 0 Å². The number of fused-ring (bicyclic) bond motifs is 3. The van der Waals surface area contributed by atoms with Gasteiger partial charge in [-0.25, -0.2) is 0 Å². The van der Waals surface area contributed by atoms with Gasteiger partial charge < -0.3 is 10.2 Å². The average molecular weight is 244 g/mol. The molecular formula is C16H24N2. The first-order valence-electron chi connectivity index (χ1n) is 7.41. The summed E-state index contributed by atoms with van der Waals surface area (Å²) < 4.78 is 0. The van der Waals surface area contributed by atoms with Crippen molar-refractivity contribution >= 4 is 0 Å². The number of aryl methyl sites for hydroxylation is 1. The Morgan fingerprint density at radius 2 is 1.89 bits per heavy atom. The third kappa shape index (κ3) is 2.93. The zero-order valence-electron chi connectivity index (χ0n) is 11.1. The number of benzene rings is 1. The van der Waals surface area contributed by atoms with Gasteiger partial charge in [-0.1, -0.05) is 30.3 Å². The van der Waals surface area contributed by atoms with Crippen molar-refractivity contribution in [1.29, 1.82) is 0 Å². The van der Waals surface area contributed by atoms with Gasteiger partial charge in [0.05, 0.1) is 0 Å². The second kappa shape index (κ2) is 5.85. The van der Waals surface area contributed by atoms with Crippen LogP contribution in [-0.2, 0) is 6.42 Å². The Morgan fingerprint density at radius 1 is 1.11 bits per heavy atom. The van der Waals surface area contributed by atoms with Crippen molar-refractivity contribution in [3.05, 3.63) is 35.9 Å². The highest BCUT2D eigenvalue weighted by Gasteiger charge is 2.33. The summed E-state index contributed by atoms with van der Waals surface area (Å²) in [6.45, 7) is 5.14. The largest absolute Gasteiger partial charge is 0.312 e. The molecule has 98 valence electrons. The molecule has 0 spiro atoms. The van der Waals surface area contributed by atoms with Crippen molar-refractivity contribution in [1.82, 2.24) is 10.2 Å². The summed E-state index contributed by atoms with van der Waals surface area (Å²) in [5.41, 5.74) is 1.47. The van der Waals surface area contributed by atoms with Crippen LogP contribution in [0.3, 0.4) is 0 Å². The number of piperidine rings is 3. The summed E-state index contributed by atoms with van der Waals surface area (Å²) in [7, 11) is 0. The Bertz CT molecular complexity index is 355. The minimum atomic E-state index is 0.767. The highest BCUT2D eigenvalue weighted by molar-refractivity contribution is 5.14. The average Bonchev–Trinajstić information content (AvgIpc) is 2.46. The number of nitrogens with zero attached hydrogens (tertiary/aromatic N) is 1. The van der Waals surface area contributed by atoms with Crippen LogP contribution >= 0.6 is 0 Å². The summed E-state index contributed by atoms with van der Waals surface area (Å²) in [5, 5.41) is 3.78. The van der Waals surface area contributed by atoms with E-state index in [9.17, 15) is 0 Å². The van der Waals surface area contributed by atoms with Crippen LogP contribution in [-0.4, -0.2) is 37.1 Å². The van der Waals surface area contributed by atoms with E-state index in [4.69, 9.17) is 0 Å². The van der Waals surface area contributed by atoms with E-state index in [0.717, 1.165) is 12.0 Å². The molecule has 3 fully saturated rings. The van der Waals surface area contributed by atoms with Crippen molar-refractivity contribution in [2.24, 2.45) is 5.92 Å². The first-order chi connectivity index (χ1) is 8.92. The standard InChI is InChI=1S/C16H24N2/c1-2-5-14(6-3-1)7-4-10-17-16-13-18-11-8-15(16)9-12-18/h1-3,5-6,15-17H,4,7-13H2. The van der Waals surface area contributed by atoms with Gasteiger partial charge in [-0.05, 0) is 56.8 Å². The molecule has 0 aromatic heterocycles. The number of hydrogen-bond acceptors (Lipinski definition) is 2. The summed E-state index contributed by atoms with van der Waals surface area (Å²) in [4.78, 5) is 2.62. The molecule has 4 rings (SSSR count). The van der Waals surface area contributed by atoms with Crippen LogP contribution in [0.4, 0.5) is 0 Å². The van der Waals surface area contributed by atoms with Crippen molar-refractivity contribution in [3.63, 3.8) is 0 Å². The van der Waals surface area contributed by atoms with Crippen molar-refractivity contribution in [2.75, 3.05) is 26.2 Å². The fourth-order valence-electron chi connectivity index (χ4n) is 3.42. The van der Waals surface area contributed by atoms with Gasteiger partial charge in [-0.2, -0.15) is 0 Å². The van der Waals surface area contributed by atoms with Crippen LogP contribution in [0.25, 0.3) is 0 Å². The van der Waals surface area contributed by atoms with Gasteiger partial charge in [0, 0.05) is 12.6 Å². The first-order valence-corrected chi connectivity index (χ1v) is 7.41. The fourth-order valence-corrected chi connectivity index (χ4v) is 3.42. The van der Waals surface area contributed by atoms with Gasteiger partial charge in [-0.15, -0.1) is 0 Å². The molecule has 3 heterocycles. The zero-order valence-corrected chi connectivity index (χ0v) is 11.1. The van der Waals surface area contributed by atoms with E-state index >= 15 is 0 Å². The maximum atomic E-state index is 3.78. The molecule has 1 aromatic carbocycles. The fraction of sp³-hybridized carbons (Fsp3) is 0.625. The maximum Gasteiger partial charge on any atom is 0.0224 e. The zero-order chi connectivity index (χ0) is 12.2. The Balaban J connectivity index is 1.38. The number of rotatable bonds is 5. The minimum absolute atomic E-state index is 0.767. The van der Waals surface area contributed by atoms with Crippen LogP contribution in [0.2, 0.25) is 0 Å². The van der Waals surface area contributed by atoms with E-state index in [0.29, 0.717) is 0 Å². The SMILES string of the molecule is c1ccc(CCCNC2CN3CCC2CC3)cc1. The van der Waals surface area contributed by atoms with Gasteiger partial charge >= 0.3 is 0 Å². The van der Waals surface area contributed by atoms with E-state index in [1.807, 2.05) is 0 Å². The summed E-state index contributed by atoms with van der Waals surface area (Å²) in [6, 6.07) is 11.6. The second-order valence-corrected chi connectivity index (χ2v) is 5.79. The summed E-state index contributed by atoms with van der Waals surface area (Å²) in [5.74, 6) is 0.951. The third-order valence-electron chi connectivity index (χ3n) is 4.55. The van der Waals surface area contributed by atoms with E-state index in [1.165, 1.54) is 57.4 Å². The molecule has 1 aromatic rings. The monoisotopic (exact) mass is 244 g/mol. The Labute approximate surface area is 110 Å². The lowest BCUT2D eigenvalue weighted by atomic mass is 9.84. The van der Waals surface area contributed by atoms with E-state index in [2.05, 4.69) is 40.5 Å². The molecular weight excluding hydrogens is 220 g/mol. The molecule has 2 nitrogen and oxygen atoms in total. The lowest BCUT2D eigenvalue weighted by Gasteiger charge is -2.45. The lowest BCUT2D eigenvalue weighted by molar-refractivity contribution is 0.0728. The molecule has 0 radical (unpaired) electrons. The molecule has 3 aliphatic heterocycles. The molecule has 1 atom stereocenters. The molecule has 2 heteroatoms. The van der Waals surface area contributed by atoms with Gasteiger partial charge in [0.1, 0.15) is 0 Å². The second-order valence-electron chi connectivity index (χ2n) is 5.79. The molecule has 0 amide bonds. The normalized spacial score (nSPS) is 30.6. The predicted molar refractivity (Wildman–Crippen MR) is 75.7 cm³/mol. The number of nitrogens with one attached hydrogen (secondary N) is 1. The molecule has 0 aliphatic carbocycles. The maximum absolute atomic E-state index is 3.78. The number of hydrogen-bond donors (Lipinski definition) is 1. The van der Waals surface area contributed by atoms with Crippen molar-refractivity contribution in [3.8, 4) is 0 Å². The van der Waals surface area contributed by atoms with Crippen LogP contribution < -0.4 is 5.32 Å². The molecule has 18 heavy (non-hydrogen) atoms. The quantitative estimate of drug-likeness (QED) is 0.800. The molecule has 3 aliphatic rings. The molecule has 2 bridgehead atoms. The van der Waals surface area contributed by atoms with Gasteiger partial charge in [0.25, 0.3) is 0 Å². The van der Waals surface area contributed by atoms with Crippen molar-refractivity contribution < 1.29 is 0 Å².